The van der Waals surface area contributed by atoms with E-state index in [1.165, 1.54) is 38.2 Å². The van der Waals surface area contributed by atoms with E-state index >= 15 is 0 Å². The predicted molar refractivity (Wildman–Crippen MR) is 105 cm³/mol. The molecule has 0 aromatic heterocycles. The van der Waals surface area contributed by atoms with Crippen LogP contribution in [0.5, 0.6) is 5.75 Å². The molecule has 6 heteroatoms. The van der Waals surface area contributed by atoms with Gasteiger partial charge in [-0.2, -0.15) is 0 Å². The van der Waals surface area contributed by atoms with Gasteiger partial charge in [0.2, 0.25) is 0 Å². The summed E-state index contributed by atoms with van der Waals surface area (Å²) in [6.07, 6.45) is 8.95. The molecule has 0 saturated heterocycles. The molecule has 146 valence electrons. The number of carbonyl (C=O) groups excluding carboxylic acids is 2. The van der Waals surface area contributed by atoms with Crippen molar-refractivity contribution in [1.29, 1.82) is 0 Å². The van der Waals surface area contributed by atoms with Gasteiger partial charge < -0.3 is 9.47 Å². The highest BCUT2D eigenvalue weighted by atomic mass is 35.5. The molecule has 1 rings (SSSR count). The summed E-state index contributed by atoms with van der Waals surface area (Å²) in [4.78, 5) is 23.4. The number of benzene rings is 1. The number of carbonyl (C=O) groups is 2. The van der Waals surface area contributed by atoms with Gasteiger partial charge in [0.15, 0.2) is 5.75 Å². The summed E-state index contributed by atoms with van der Waals surface area (Å²) in [5, 5.41) is 0.753. The van der Waals surface area contributed by atoms with Gasteiger partial charge in [-0.3, -0.25) is 9.59 Å². The van der Waals surface area contributed by atoms with Gasteiger partial charge in [0.05, 0.1) is 11.6 Å². The lowest BCUT2D eigenvalue weighted by atomic mass is 10.1. The van der Waals surface area contributed by atoms with Gasteiger partial charge in [-0.15, -0.1) is 0 Å². The monoisotopic (exact) mass is 402 g/mol. The fourth-order valence-corrected chi connectivity index (χ4v) is 2.74. The molecule has 0 heterocycles. The maximum absolute atomic E-state index is 11.8. The van der Waals surface area contributed by atoms with Crippen molar-refractivity contribution in [2.45, 2.75) is 71.1 Å². The van der Waals surface area contributed by atoms with Crippen LogP contribution in [0.4, 0.5) is 0 Å². The van der Waals surface area contributed by atoms with Gasteiger partial charge in [-0.05, 0) is 25.0 Å². The number of hydrogen-bond acceptors (Lipinski definition) is 4. The Labute approximate surface area is 166 Å². The molecule has 1 aromatic rings. The highest BCUT2D eigenvalue weighted by molar-refractivity contribution is 6.34. The summed E-state index contributed by atoms with van der Waals surface area (Å²) in [6.45, 7) is 2.65. The van der Waals surface area contributed by atoms with E-state index in [0.29, 0.717) is 23.1 Å². The zero-order chi connectivity index (χ0) is 19.2. The van der Waals surface area contributed by atoms with Crippen molar-refractivity contribution < 1.29 is 19.1 Å². The number of ether oxygens (including phenoxy) is 2. The molecule has 0 bridgehead atoms. The standard InChI is InChI=1S/C20H28Cl2O4/c1-2-3-4-5-6-7-8-14-25-19(23)10-9-11-20(24)26-18-15-16(21)12-13-17(18)22/h12-13,15H,2-11,14H2,1H3. The Bertz CT molecular complexity index is 561. The van der Waals surface area contributed by atoms with Crippen molar-refractivity contribution in [3.8, 4) is 5.75 Å². The summed E-state index contributed by atoms with van der Waals surface area (Å²) in [6, 6.07) is 4.66. The van der Waals surface area contributed by atoms with Crippen LogP contribution in [-0.2, 0) is 14.3 Å². The second-order valence-corrected chi connectivity index (χ2v) is 7.09. The van der Waals surface area contributed by atoms with Crippen molar-refractivity contribution >= 4 is 35.1 Å². The lowest BCUT2D eigenvalue weighted by Gasteiger charge is -2.07. The molecule has 4 nitrogen and oxygen atoms in total. The molecule has 26 heavy (non-hydrogen) atoms. The molecular weight excluding hydrogens is 375 g/mol. The third kappa shape index (κ3) is 10.7. The predicted octanol–water partition coefficient (Wildman–Crippen LogP) is 6.36. The number of unbranched alkanes of at least 4 members (excludes halogenated alkanes) is 6. The zero-order valence-electron chi connectivity index (χ0n) is 15.4. The van der Waals surface area contributed by atoms with Crippen LogP contribution < -0.4 is 4.74 Å². The maximum atomic E-state index is 11.8. The van der Waals surface area contributed by atoms with Gasteiger partial charge in [-0.25, -0.2) is 0 Å². The first-order chi connectivity index (χ1) is 12.5. The van der Waals surface area contributed by atoms with Crippen molar-refractivity contribution in [2.75, 3.05) is 6.61 Å². The lowest BCUT2D eigenvalue weighted by molar-refractivity contribution is -0.144. The highest BCUT2D eigenvalue weighted by Crippen LogP contribution is 2.28. The van der Waals surface area contributed by atoms with Gasteiger partial charge in [-0.1, -0.05) is 68.7 Å². The summed E-state index contributed by atoms with van der Waals surface area (Å²) in [7, 11) is 0. The van der Waals surface area contributed by atoms with E-state index in [0.717, 1.165) is 12.8 Å². The average Bonchev–Trinajstić information content (AvgIpc) is 2.60. The highest BCUT2D eigenvalue weighted by Gasteiger charge is 2.11. The Hall–Kier alpha value is -1.26. The van der Waals surface area contributed by atoms with Crippen molar-refractivity contribution in [1.82, 2.24) is 0 Å². The average molecular weight is 403 g/mol. The lowest BCUT2D eigenvalue weighted by Crippen LogP contribution is -2.10. The molecule has 0 N–H and O–H groups in total. The van der Waals surface area contributed by atoms with E-state index in [-0.39, 0.29) is 24.6 Å². The third-order valence-corrected chi connectivity index (χ3v) is 4.44. The summed E-state index contributed by atoms with van der Waals surface area (Å²) in [5.74, 6) is -0.496. The summed E-state index contributed by atoms with van der Waals surface area (Å²) < 4.78 is 10.3. The zero-order valence-corrected chi connectivity index (χ0v) is 16.9. The number of halogens is 2. The maximum Gasteiger partial charge on any atom is 0.311 e. The number of esters is 2. The van der Waals surface area contributed by atoms with Crippen LogP contribution >= 0.6 is 23.2 Å². The molecule has 0 aliphatic heterocycles. The van der Waals surface area contributed by atoms with E-state index in [4.69, 9.17) is 32.7 Å². The second-order valence-electron chi connectivity index (χ2n) is 6.24. The largest absolute Gasteiger partial charge is 0.466 e. The number of rotatable bonds is 13. The first kappa shape index (κ1) is 22.8. The molecule has 0 radical (unpaired) electrons. The third-order valence-electron chi connectivity index (χ3n) is 3.89. The SMILES string of the molecule is CCCCCCCCCOC(=O)CCCC(=O)Oc1cc(Cl)ccc1Cl. The minimum Gasteiger partial charge on any atom is -0.466 e. The Balaban J connectivity index is 2.06. The topological polar surface area (TPSA) is 52.6 Å². The smallest absolute Gasteiger partial charge is 0.311 e. The van der Waals surface area contributed by atoms with E-state index in [2.05, 4.69) is 6.92 Å². The molecule has 1 aromatic carbocycles. The minimum absolute atomic E-state index is 0.120. The first-order valence-corrected chi connectivity index (χ1v) is 10.1. The molecule has 0 fully saturated rings. The Morgan fingerprint density at radius 1 is 0.885 bits per heavy atom. The van der Waals surface area contributed by atoms with Crippen LogP contribution in [0, 0.1) is 0 Å². The van der Waals surface area contributed by atoms with Crippen LogP contribution in [0.15, 0.2) is 18.2 Å². The van der Waals surface area contributed by atoms with Gasteiger partial charge in [0.25, 0.3) is 0 Å². The summed E-state index contributed by atoms with van der Waals surface area (Å²) >= 11 is 11.8. The Morgan fingerprint density at radius 2 is 1.54 bits per heavy atom. The fraction of sp³-hybridized carbons (Fsp3) is 0.600. The van der Waals surface area contributed by atoms with Gasteiger partial charge in [0, 0.05) is 23.9 Å². The van der Waals surface area contributed by atoms with Crippen LogP contribution in [-0.4, -0.2) is 18.5 Å². The van der Waals surface area contributed by atoms with Crippen LogP contribution in [0.1, 0.15) is 71.1 Å². The van der Waals surface area contributed by atoms with Crippen molar-refractivity contribution in [3.05, 3.63) is 28.2 Å². The Kier molecular flexibility index (Phi) is 12.2. The second kappa shape index (κ2) is 13.9. The Morgan fingerprint density at radius 3 is 2.27 bits per heavy atom. The van der Waals surface area contributed by atoms with Crippen molar-refractivity contribution in [3.63, 3.8) is 0 Å². The minimum atomic E-state index is -0.450. The molecular formula is C20H28Cl2O4. The fourth-order valence-electron chi connectivity index (χ4n) is 2.42. The molecule has 0 amide bonds. The molecule has 0 spiro atoms. The normalized spacial score (nSPS) is 10.6. The summed E-state index contributed by atoms with van der Waals surface area (Å²) in [5.41, 5.74) is 0. The quantitative estimate of drug-likeness (QED) is 0.218. The molecule has 0 aliphatic rings. The van der Waals surface area contributed by atoms with Crippen LogP contribution in [0.25, 0.3) is 0 Å². The van der Waals surface area contributed by atoms with E-state index < -0.39 is 5.97 Å². The van der Waals surface area contributed by atoms with Crippen molar-refractivity contribution in [2.24, 2.45) is 0 Å². The first-order valence-electron chi connectivity index (χ1n) is 9.34. The number of hydrogen-bond donors (Lipinski definition) is 0. The molecule has 0 unspecified atom stereocenters. The van der Waals surface area contributed by atoms with Crippen LogP contribution in [0.2, 0.25) is 10.0 Å². The molecule has 0 aliphatic carbocycles. The van der Waals surface area contributed by atoms with E-state index in [1.54, 1.807) is 12.1 Å². The van der Waals surface area contributed by atoms with Gasteiger partial charge >= 0.3 is 11.9 Å². The molecule has 0 atom stereocenters. The molecule has 0 saturated carbocycles. The van der Waals surface area contributed by atoms with Crippen LogP contribution in [0.3, 0.4) is 0 Å². The van der Waals surface area contributed by atoms with E-state index in [9.17, 15) is 9.59 Å². The van der Waals surface area contributed by atoms with Gasteiger partial charge in [0.1, 0.15) is 0 Å². The van der Waals surface area contributed by atoms with E-state index in [1.807, 2.05) is 0 Å².